The number of hydrogen-bond acceptors (Lipinski definition) is 9. The molecule has 2 aliphatic rings. The van der Waals surface area contributed by atoms with Gasteiger partial charge in [0.25, 0.3) is 10.1 Å². The number of esters is 1. The zero-order chi connectivity index (χ0) is 24.3. The minimum Gasteiger partial charge on any atom is -0.459 e. The van der Waals surface area contributed by atoms with Crippen LogP contribution >= 0.6 is 0 Å². The standard InChI is InChI=1S/C24H28O9S/c1-24(2)31-21-20(28-14-16-10-6-4-7-11-16)19(30-23(21)32-24)18(33-34(3,26)27)15-29-22(25)17-12-8-5-9-13-17/h4-13,18-21,23H,14-15H2,1-3H3/t18-,19+,20-,21+,23+/m0/s1. The zero-order valence-electron chi connectivity index (χ0n) is 19.2. The summed E-state index contributed by atoms with van der Waals surface area (Å²) in [4.78, 5) is 12.5. The second-order valence-electron chi connectivity index (χ2n) is 8.63. The van der Waals surface area contributed by atoms with Crippen LogP contribution in [0.2, 0.25) is 0 Å². The van der Waals surface area contributed by atoms with Crippen molar-refractivity contribution in [2.45, 2.75) is 56.9 Å². The summed E-state index contributed by atoms with van der Waals surface area (Å²) >= 11 is 0. The highest BCUT2D eigenvalue weighted by Crippen LogP contribution is 2.40. The molecule has 9 nitrogen and oxygen atoms in total. The number of carbonyl (C=O) groups is 1. The summed E-state index contributed by atoms with van der Waals surface area (Å²) in [7, 11) is -3.92. The first-order valence-corrected chi connectivity index (χ1v) is 12.7. The predicted molar refractivity (Wildman–Crippen MR) is 120 cm³/mol. The van der Waals surface area contributed by atoms with Gasteiger partial charge in [0.05, 0.1) is 18.4 Å². The summed E-state index contributed by atoms with van der Waals surface area (Å²) in [5.41, 5.74) is 1.24. The minimum atomic E-state index is -3.92. The van der Waals surface area contributed by atoms with Gasteiger partial charge in [-0.2, -0.15) is 8.42 Å². The molecule has 2 aliphatic heterocycles. The van der Waals surface area contributed by atoms with Crippen LogP contribution in [0.3, 0.4) is 0 Å². The van der Waals surface area contributed by atoms with E-state index in [0.29, 0.717) is 5.56 Å². The van der Waals surface area contributed by atoms with E-state index in [-0.39, 0.29) is 13.2 Å². The van der Waals surface area contributed by atoms with Crippen LogP contribution in [0.25, 0.3) is 0 Å². The van der Waals surface area contributed by atoms with Crippen molar-refractivity contribution >= 4 is 16.1 Å². The third kappa shape index (κ3) is 6.21. The molecular weight excluding hydrogens is 464 g/mol. The maximum absolute atomic E-state index is 12.5. The number of fused-ring (bicyclic) bond motifs is 1. The molecule has 2 fully saturated rings. The average molecular weight is 493 g/mol. The highest BCUT2D eigenvalue weighted by Gasteiger charge is 2.58. The van der Waals surface area contributed by atoms with Crippen LogP contribution in [-0.4, -0.2) is 63.7 Å². The Bertz CT molecular complexity index is 1070. The fourth-order valence-corrected chi connectivity index (χ4v) is 4.59. The molecule has 4 rings (SSSR count). The molecule has 2 aromatic carbocycles. The van der Waals surface area contributed by atoms with E-state index in [2.05, 4.69) is 0 Å². The molecule has 2 heterocycles. The topological polar surface area (TPSA) is 107 Å². The third-order valence-electron chi connectivity index (χ3n) is 5.37. The molecule has 5 atom stereocenters. The molecule has 0 aromatic heterocycles. The summed E-state index contributed by atoms with van der Waals surface area (Å²) in [5.74, 6) is -1.52. The first kappa shape index (κ1) is 24.8. The Morgan fingerprint density at radius 1 is 1.03 bits per heavy atom. The lowest BCUT2D eigenvalue weighted by Gasteiger charge is -2.30. The Morgan fingerprint density at radius 2 is 1.68 bits per heavy atom. The molecule has 0 saturated carbocycles. The summed E-state index contributed by atoms with van der Waals surface area (Å²) < 4.78 is 58.7. The maximum atomic E-state index is 12.5. The number of benzene rings is 2. The lowest BCUT2D eigenvalue weighted by atomic mass is 10.1. The summed E-state index contributed by atoms with van der Waals surface area (Å²) in [6, 6.07) is 17.9. The van der Waals surface area contributed by atoms with Crippen molar-refractivity contribution in [2.24, 2.45) is 0 Å². The van der Waals surface area contributed by atoms with Crippen molar-refractivity contribution in [3.05, 3.63) is 71.8 Å². The van der Waals surface area contributed by atoms with Gasteiger partial charge in [-0.15, -0.1) is 0 Å². The van der Waals surface area contributed by atoms with Crippen LogP contribution < -0.4 is 0 Å². The lowest BCUT2D eigenvalue weighted by Crippen LogP contribution is -2.46. The first-order chi connectivity index (χ1) is 16.1. The molecule has 0 spiro atoms. The van der Waals surface area contributed by atoms with Crippen LogP contribution in [0.15, 0.2) is 60.7 Å². The monoisotopic (exact) mass is 492 g/mol. The molecule has 0 radical (unpaired) electrons. The van der Waals surface area contributed by atoms with Crippen molar-refractivity contribution in [2.75, 3.05) is 12.9 Å². The van der Waals surface area contributed by atoms with Gasteiger partial charge in [-0.1, -0.05) is 48.5 Å². The second kappa shape index (κ2) is 10.1. The molecular formula is C24H28O9S. The average Bonchev–Trinajstić information content (AvgIpc) is 3.27. The predicted octanol–water partition coefficient (Wildman–Crippen LogP) is 2.65. The van der Waals surface area contributed by atoms with E-state index in [0.717, 1.165) is 11.8 Å². The van der Waals surface area contributed by atoms with Gasteiger partial charge in [-0.3, -0.25) is 4.18 Å². The largest absolute Gasteiger partial charge is 0.459 e. The quantitative estimate of drug-likeness (QED) is 0.386. The number of ether oxygens (including phenoxy) is 5. The lowest BCUT2D eigenvalue weighted by molar-refractivity contribution is -0.230. The molecule has 2 saturated heterocycles. The second-order valence-corrected chi connectivity index (χ2v) is 10.2. The SMILES string of the molecule is CC1(C)O[C@H]2O[C@H]([C@H](COC(=O)c3ccccc3)OS(C)(=O)=O)[C@H](OCc3ccccc3)[C@H]2O1. The van der Waals surface area contributed by atoms with Crippen LogP contribution in [0.4, 0.5) is 0 Å². The molecule has 0 bridgehead atoms. The summed E-state index contributed by atoms with van der Waals surface area (Å²) in [6.45, 7) is 3.36. The van der Waals surface area contributed by atoms with Crippen LogP contribution in [-0.2, 0) is 44.6 Å². The van der Waals surface area contributed by atoms with E-state index in [4.69, 9.17) is 27.9 Å². The van der Waals surface area contributed by atoms with Crippen LogP contribution in [0, 0.1) is 0 Å². The van der Waals surface area contributed by atoms with Gasteiger partial charge in [0, 0.05) is 0 Å². The third-order valence-corrected chi connectivity index (χ3v) is 5.96. The van der Waals surface area contributed by atoms with Gasteiger partial charge in [0.15, 0.2) is 12.1 Å². The van der Waals surface area contributed by atoms with E-state index < -0.39 is 52.6 Å². The Labute approximate surface area is 199 Å². The summed E-state index contributed by atoms with van der Waals surface area (Å²) in [5, 5.41) is 0. The van der Waals surface area contributed by atoms with E-state index in [1.165, 1.54) is 0 Å². The zero-order valence-corrected chi connectivity index (χ0v) is 20.0. The number of hydrogen-bond donors (Lipinski definition) is 0. The highest BCUT2D eigenvalue weighted by molar-refractivity contribution is 7.86. The van der Waals surface area contributed by atoms with Crippen molar-refractivity contribution in [3.8, 4) is 0 Å². The summed E-state index contributed by atoms with van der Waals surface area (Å²) in [6.07, 6.45) is -3.35. The Balaban J connectivity index is 1.53. The van der Waals surface area contributed by atoms with Gasteiger partial charge < -0.3 is 23.7 Å². The fourth-order valence-electron chi connectivity index (χ4n) is 3.98. The minimum absolute atomic E-state index is 0.230. The van der Waals surface area contributed by atoms with E-state index in [9.17, 15) is 13.2 Å². The van der Waals surface area contributed by atoms with Gasteiger partial charge in [0.1, 0.15) is 31.0 Å². The molecule has 184 valence electrons. The van der Waals surface area contributed by atoms with Crippen molar-refractivity contribution in [1.82, 2.24) is 0 Å². The van der Waals surface area contributed by atoms with E-state index in [1.807, 2.05) is 30.3 Å². The van der Waals surface area contributed by atoms with Crippen molar-refractivity contribution in [3.63, 3.8) is 0 Å². The fraction of sp³-hybridized carbons (Fsp3) is 0.458. The van der Waals surface area contributed by atoms with Crippen molar-refractivity contribution < 1.29 is 41.1 Å². The van der Waals surface area contributed by atoms with Gasteiger partial charge >= 0.3 is 5.97 Å². The maximum Gasteiger partial charge on any atom is 0.338 e. The molecule has 0 aliphatic carbocycles. The Kier molecular flexibility index (Phi) is 7.36. The van der Waals surface area contributed by atoms with Crippen LogP contribution in [0.5, 0.6) is 0 Å². The molecule has 34 heavy (non-hydrogen) atoms. The molecule has 0 N–H and O–H groups in total. The van der Waals surface area contributed by atoms with Gasteiger partial charge in [0.2, 0.25) is 0 Å². The Hall–Kier alpha value is -2.34. The van der Waals surface area contributed by atoms with E-state index >= 15 is 0 Å². The van der Waals surface area contributed by atoms with Crippen LogP contribution in [0.1, 0.15) is 29.8 Å². The molecule has 10 heteroatoms. The normalized spacial score (nSPS) is 26.7. The van der Waals surface area contributed by atoms with E-state index in [1.54, 1.807) is 44.2 Å². The first-order valence-electron chi connectivity index (χ1n) is 10.9. The van der Waals surface area contributed by atoms with Gasteiger partial charge in [-0.25, -0.2) is 4.79 Å². The number of rotatable bonds is 9. The van der Waals surface area contributed by atoms with Gasteiger partial charge in [-0.05, 0) is 31.5 Å². The molecule has 2 aromatic rings. The highest BCUT2D eigenvalue weighted by atomic mass is 32.2. The number of carbonyl (C=O) groups excluding carboxylic acids is 1. The van der Waals surface area contributed by atoms with Crippen molar-refractivity contribution in [1.29, 1.82) is 0 Å². The smallest absolute Gasteiger partial charge is 0.338 e. The molecule has 0 amide bonds. The Morgan fingerprint density at radius 3 is 2.32 bits per heavy atom. The molecule has 0 unspecified atom stereocenters.